The highest BCUT2D eigenvalue weighted by atomic mass is 16.6. The number of nitrogens with one attached hydrogen (secondary N) is 2. The number of benzene rings is 1. The third kappa shape index (κ3) is 11.1. The minimum atomic E-state index is -1.67. The third-order valence-corrected chi connectivity index (χ3v) is 5.09. The zero-order valence-corrected chi connectivity index (χ0v) is 22.1. The number of hydrogen-bond acceptors (Lipinski definition) is 9. The minimum absolute atomic E-state index is 0.0772. The number of ether oxygens (including phenoxy) is 2. The summed E-state index contributed by atoms with van der Waals surface area (Å²) in [5, 5.41) is 23.0. The maximum Gasteiger partial charge on any atom is 0.417 e. The van der Waals surface area contributed by atoms with Gasteiger partial charge < -0.3 is 36.1 Å². The lowest BCUT2D eigenvalue weighted by atomic mass is 10.1. The quantitative estimate of drug-likeness (QED) is 0.227. The second kappa shape index (κ2) is 15.5. The molecule has 1 aromatic rings. The third-order valence-electron chi connectivity index (χ3n) is 5.09. The molecule has 0 aliphatic heterocycles. The van der Waals surface area contributed by atoms with Crippen molar-refractivity contribution in [3.05, 3.63) is 35.9 Å². The van der Waals surface area contributed by atoms with Crippen LogP contribution in [0.15, 0.2) is 30.3 Å². The van der Waals surface area contributed by atoms with Crippen molar-refractivity contribution < 1.29 is 43.7 Å². The topological polar surface area (TPSA) is 198 Å². The fourth-order valence-electron chi connectivity index (χ4n) is 3.23. The average molecular weight is 539 g/mol. The van der Waals surface area contributed by atoms with Crippen LogP contribution in [0.3, 0.4) is 0 Å². The van der Waals surface area contributed by atoms with E-state index in [1.807, 2.05) is 0 Å². The number of aliphatic carboxylic acids is 1. The monoisotopic (exact) mass is 538 g/mol. The zero-order chi connectivity index (χ0) is 28.9. The van der Waals surface area contributed by atoms with E-state index in [9.17, 15) is 34.2 Å². The predicted octanol–water partition coefficient (Wildman–Crippen LogP) is 1.12. The summed E-state index contributed by atoms with van der Waals surface area (Å²) in [6.07, 6.45) is -1.44. The molecule has 13 nitrogen and oxygen atoms in total. The summed E-state index contributed by atoms with van der Waals surface area (Å²) in [6.45, 7) is 5.32. The lowest BCUT2D eigenvalue weighted by molar-refractivity contribution is -0.145. The van der Waals surface area contributed by atoms with Crippen molar-refractivity contribution in [3.63, 3.8) is 0 Å². The van der Waals surface area contributed by atoms with E-state index < -0.39 is 60.3 Å². The van der Waals surface area contributed by atoms with Gasteiger partial charge in [0.05, 0.1) is 6.61 Å². The molecule has 0 fully saturated rings. The number of aliphatic hydroxyl groups excluding tert-OH is 1. The Balaban J connectivity index is 3.31. The van der Waals surface area contributed by atoms with Crippen molar-refractivity contribution in [2.24, 2.45) is 5.73 Å². The molecule has 0 saturated heterocycles. The molecule has 1 aromatic carbocycles. The van der Waals surface area contributed by atoms with Crippen LogP contribution in [0.2, 0.25) is 0 Å². The van der Waals surface area contributed by atoms with Gasteiger partial charge in [-0.1, -0.05) is 30.3 Å². The van der Waals surface area contributed by atoms with Crippen molar-refractivity contribution in [1.29, 1.82) is 0 Å². The van der Waals surface area contributed by atoms with E-state index >= 15 is 0 Å². The molecule has 0 aromatic heterocycles. The first-order valence-corrected chi connectivity index (χ1v) is 12.2. The molecule has 0 unspecified atom stereocenters. The number of carbonyl (C=O) groups excluding carboxylic acids is 4. The van der Waals surface area contributed by atoms with Crippen LogP contribution >= 0.6 is 0 Å². The Bertz CT molecular complexity index is 950. The maximum absolute atomic E-state index is 13.4. The number of nitrogens with zero attached hydrogens (tertiary/aromatic N) is 1. The fraction of sp³-hybridized carbons (Fsp3) is 0.560. The summed E-state index contributed by atoms with van der Waals surface area (Å²) < 4.78 is 10.5. The highest BCUT2D eigenvalue weighted by Gasteiger charge is 2.39. The Morgan fingerprint density at radius 2 is 1.68 bits per heavy atom. The van der Waals surface area contributed by atoms with Gasteiger partial charge in [0.25, 0.3) is 5.91 Å². The van der Waals surface area contributed by atoms with Crippen molar-refractivity contribution >= 4 is 30.0 Å². The first kappa shape index (κ1) is 32.3. The van der Waals surface area contributed by atoms with Gasteiger partial charge in [-0.2, -0.15) is 0 Å². The van der Waals surface area contributed by atoms with Crippen LogP contribution < -0.4 is 16.4 Å². The summed E-state index contributed by atoms with van der Waals surface area (Å²) in [4.78, 5) is 64.0. The van der Waals surface area contributed by atoms with Gasteiger partial charge in [-0.25, -0.2) is 19.3 Å². The second-order valence-electron chi connectivity index (χ2n) is 9.50. The largest absolute Gasteiger partial charge is 0.480 e. The molecule has 6 N–H and O–H groups in total. The van der Waals surface area contributed by atoms with E-state index in [-0.39, 0.29) is 19.6 Å². The van der Waals surface area contributed by atoms with Crippen LogP contribution in [0.4, 0.5) is 9.59 Å². The SMILES string of the molecule is C[C@H](NC(=O)OC(C)(C)C)C(=O)N(C(=O)OCc1ccccc1)[C@@H](CCCCN)C(=O)N[C@@H](CO)C(=O)O. The number of nitrogens with two attached hydrogens (primary N) is 1. The van der Waals surface area contributed by atoms with Gasteiger partial charge >= 0.3 is 18.2 Å². The number of carboxylic acids is 1. The smallest absolute Gasteiger partial charge is 0.417 e. The molecule has 4 amide bonds. The fourth-order valence-corrected chi connectivity index (χ4v) is 3.23. The van der Waals surface area contributed by atoms with Gasteiger partial charge in [0.15, 0.2) is 0 Å². The molecule has 0 aliphatic carbocycles. The molecule has 0 aliphatic rings. The Kier molecular flexibility index (Phi) is 13.2. The maximum atomic E-state index is 13.4. The van der Waals surface area contributed by atoms with E-state index in [1.165, 1.54) is 6.92 Å². The van der Waals surface area contributed by atoms with E-state index in [1.54, 1.807) is 51.1 Å². The molecular formula is C25H38N4O9. The Morgan fingerprint density at radius 3 is 2.21 bits per heavy atom. The standard InChI is InChI=1S/C25H38N4O9/c1-16(27-23(35)38-25(2,3)4)21(32)29(24(36)37-15-17-10-6-5-7-11-17)19(12-8-9-13-26)20(31)28-18(14-30)22(33)34/h5-7,10-11,16,18-19,30H,8-9,12-15,26H2,1-4H3,(H,27,35)(H,28,31)(H,33,34)/t16-,18-,19-/m0/s1. The zero-order valence-electron chi connectivity index (χ0n) is 22.1. The van der Waals surface area contributed by atoms with E-state index in [4.69, 9.17) is 15.2 Å². The number of amides is 4. The van der Waals surface area contributed by atoms with Crippen molar-refractivity contribution in [3.8, 4) is 0 Å². The lowest BCUT2D eigenvalue weighted by Crippen LogP contribution is -2.59. The summed E-state index contributed by atoms with van der Waals surface area (Å²) in [5.74, 6) is -3.50. The van der Waals surface area contributed by atoms with E-state index in [0.717, 1.165) is 0 Å². The number of aliphatic hydroxyl groups is 1. The van der Waals surface area contributed by atoms with Crippen LogP contribution in [0.1, 0.15) is 52.5 Å². The first-order chi connectivity index (χ1) is 17.8. The van der Waals surface area contributed by atoms with Gasteiger partial charge in [0, 0.05) is 0 Å². The van der Waals surface area contributed by atoms with Crippen molar-refractivity contribution in [2.45, 2.75) is 77.3 Å². The first-order valence-electron chi connectivity index (χ1n) is 12.2. The second-order valence-corrected chi connectivity index (χ2v) is 9.50. The van der Waals surface area contributed by atoms with Gasteiger partial charge in [0.2, 0.25) is 5.91 Å². The Hall–Kier alpha value is -3.71. The molecule has 1 rings (SSSR count). The van der Waals surface area contributed by atoms with Crippen LogP contribution in [0, 0.1) is 0 Å². The molecule has 212 valence electrons. The normalized spacial score (nSPS) is 13.4. The summed E-state index contributed by atoms with van der Waals surface area (Å²) >= 11 is 0. The molecule has 0 spiro atoms. The van der Waals surface area contributed by atoms with Crippen LogP contribution in [-0.4, -0.2) is 82.0 Å². The highest BCUT2D eigenvalue weighted by Crippen LogP contribution is 2.16. The highest BCUT2D eigenvalue weighted by molar-refractivity contribution is 6.01. The number of rotatable bonds is 13. The Labute approximate surface area is 221 Å². The Morgan fingerprint density at radius 1 is 1.05 bits per heavy atom. The number of alkyl carbamates (subject to hydrolysis) is 1. The van der Waals surface area contributed by atoms with Gasteiger partial charge in [-0.15, -0.1) is 0 Å². The van der Waals surface area contributed by atoms with Gasteiger partial charge in [0.1, 0.15) is 30.3 Å². The molecule has 0 saturated carbocycles. The predicted molar refractivity (Wildman–Crippen MR) is 136 cm³/mol. The van der Waals surface area contributed by atoms with Crippen LogP contribution in [0.5, 0.6) is 0 Å². The number of carbonyl (C=O) groups is 5. The molecular weight excluding hydrogens is 500 g/mol. The van der Waals surface area contributed by atoms with Crippen LogP contribution in [0.25, 0.3) is 0 Å². The van der Waals surface area contributed by atoms with Crippen molar-refractivity contribution in [1.82, 2.24) is 15.5 Å². The number of imide groups is 1. The molecule has 0 heterocycles. The number of hydrogen-bond donors (Lipinski definition) is 5. The van der Waals surface area contributed by atoms with Crippen molar-refractivity contribution in [2.75, 3.05) is 13.2 Å². The average Bonchev–Trinajstić information content (AvgIpc) is 2.84. The summed E-state index contributed by atoms with van der Waals surface area (Å²) in [7, 11) is 0. The van der Waals surface area contributed by atoms with E-state index in [0.29, 0.717) is 23.3 Å². The minimum Gasteiger partial charge on any atom is -0.480 e. The summed E-state index contributed by atoms with van der Waals surface area (Å²) in [6, 6.07) is 4.08. The van der Waals surface area contributed by atoms with Crippen LogP contribution in [-0.2, 0) is 30.5 Å². The number of unbranched alkanes of at least 4 members (excludes halogenated alkanes) is 1. The molecule has 13 heteroatoms. The van der Waals surface area contributed by atoms with Gasteiger partial charge in [-0.3, -0.25) is 9.59 Å². The summed E-state index contributed by atoms with van der Waals surface area (Å²) in [5.41, 5.74) is 5.30. The lowest BCUT2D eigenvalue weighted by Gasteiger charge is -2.31. The van der Waals surface area contributed by atoms with Gasteiger partial charge in [-0.05, 0) is 59.1 Å². The molecule has 3 atom stereocenters. The number of carboxylic acid groups (broad SMARTS) is 1. The molecule has 0 radical (unpaired) electrons. The molecule has 38 heavy (non-hydrogen) atoms. The van der Waals surface area contributed by atoms with E-state index in [2.05, 4.69) is 10.6 Å². The molecule has 0 bridgehead atoms.